The van der Waals surface area contributed by atoms with Gasteiger partial charge >= 0.3 is 0 Å². The average Bonchev–Trinajstić information content (AvgIpc) is 3.20. The van der Waals surface area contributed by atoms with Crippen LogP contribution >= 0.6 is 34.7 Å². The minimum absolute atomic E-state index is 0.0724. The van der Waals surface area contributed by atoms with Gasteiger partial charge in [0.25, 0.3) is 5.69 Å². The zero-order chi connectivity index (χ0) is 24.8. The summed E-state index contributed by atoms with van der Waals surface area (Å²) in [6.45, 7) is 6.02. The predicted octanol–water partition coefficient (Wildman–Crippen LogP) is 6.36. The molecular weight excluding hydrogens is 492 g/mol. The number of hydrogen-bond acceptors (Lipinski definition) is 8. The molecule has 34 heavy (non-hydrogen) atoms. The van der Waals surface area contributed by atoms with E-state index >= 15 is 0 Å². The Morgan fingerprint density at radius 1 is 1.38 bits per heavy atom. The smallest absolute Gasteiger partial charge is 0.294 e. The number of carbonyl (C=O) groups is 1. The SMILES string of the molecule is CCSc1sccc1[C@@H]1C(C#N)=C(N)N(c2ccc(Cl)cc2[N+](=O)[O-])C2=C1C(=O)CC(C)(C)C2. The normalized spacial score (nSPS) is 19.8. The van der Waals surface area contributed by atoms with E-state index in [9.17, 15) is 20.2 Å². The van der Waals surface area contributed by atoms with Crippen LogP contribution < -0.4 is 10.6 Å². The van der Waals surface area contributed by atoms with Crippen LogP contribution in [-0.4, -0.2) is 16.5 Å². The van der Waals surface area contributed by atoms with Crippen molar-refractivity contribution in [3.63, 3.8) is 0 Å². The van der Waals surface area contributed by atoms with E-state index in [1.807, 2.05) is 32.2 Å². The Labute approximate surface area is 211 Å². The van der Waals surface area contributed by atoms with Crippen molar-refractivity contribution in [2.45, 2.75) is 43.7 Å². The molecule has 1 aliphatic heterocycles. The largest absolute Gasteiger partial charge is 0.384 e. The number of nitriles is 1. The van der Waals surface area contributed by atoms with Gasteiger partial charge in [-0.15, -0.1) is 23.1 Å². The average molecular weight is 515 g/mol. The maximum absolute atomic E-state index is 13.6. The lowest BCUT2D eigenvalue weighted by Gasteiger charge is -2.43. The Bertz CT molecular complexity index is 1310. The van der Waals surface area contributed by atoms with Crippen LogP contribution in [0.2, 0.25) is 5.02 Å². The molecule has 1 aliphatic carbocycles. The lowest BCUT2D eigenvalue weighted by Crippen LogP contribution is -2.42. The highest BCUT2D eigenvalue weighted by Crippen LogP contribution is 2.53. The molecule has 2 aromatic rings. The number of halogens is 1. The monoisotopic (exact) mass is 514 g/mol. The summed E-state index contributed by atoms with van der Waals surface area (Å²) in [5.74, 6) is 0.265. The van der Waals surface area contributed by atoms with Crippen molar-refractivity contribution in [2.75, 3.05) is 10.7 Å². The van der Waals surface area contributed by atoms with E-state index in [-0.39, 0.29) is 39.0 Å². The van der Waals surface area contributed by atoms with E-state index in [4.69, 9.17) is 17.3 Å². The molecule has 0 unspecified atom stereocenters. The van der Waals surface area contributed by atoms with Gasteiger partial charge in [-0.1, -0.05) is 32.4 Å². The molecule has 1 aromatic carbocycles. The summed E-state index contributed by atoms with van der Waals surface area (Å²) in [5.41, 5.74) is 8.37. The number of allylic oxidation sites excluding steroid dienone is 3. The van der Waals surface area contributed by atoms with Crippen molar-refractivity contribution in [3.05, 3.63) is 73.0 Å². The van der Waals surface area contributed by atoms with Gasteiger partial charge in [0.05, 0.1) is 26.7 Å². The van der Waals surface area contributed by atoms with Crippen LogP contribution in [-0.2, 0) is 4.79 Å². The molecule has 7 nitrogen and oxygen atoms in total. The maximum Gasteiger partial charge on any atom is 0.294 e. The fraction of sp³-hybridized carbons (Fsp3) is 0.333. The lowest BCUT2D eigenvalue weighted by atomic mass is 9.69. The molecule has 2 heterocycles. The van der Waals surface area contributed by atoms with Gasteiger partial charge in [0, 0.05) is 28.8 Å². The van der Waals surface area contributed by atoms with Gasteiger partial charge in [-0.3, -0.25) is 19.8 Å². The number of rotatable bonds is 5. The highest BCUT2D eigenvalue weighted by molar-refractivity contribution is 8.01. The first-order valence-corrected chi connectivity index (χ1v) is 12.9. The molecule has 0 saturated heterocycles. The van der Waals surface area contributed by atoms with Crippen molar-refractivity contribution < 1.29 is 9.72 Å². The van der Waals surface area contributed by atoms with Gasteiger partial charge in [-0.05, 0) is 46.7 Å². The number of anilines is 1. The van der Waals surface area contributed by atoms with Gasteiger partial charge in [0.15, 0.2) is 5.78 Å². The van der Waals surface area contributed by atoms with E-state index in [0.29, 0.717) is 24.1 Å². The molecule has 1 atom stereocenters. The van der Waals surface area contributed by atoms with Crippen molar-refractivity contribution in [2.24, 2.45) is 11.1 Å². The number of thioether (sulfide) groups is 1. The standard InChI is InChI=1S/C24H23ClN4O3S2/c1-4-33-23-14(7-8-34-23)20-15(12-26)22(27)28(16-6-5-13(25)9-17(16)29(31)32)18-10-24(2,3)11-19(30)21(18)20/h5-9,20H,4,10-11,27H2,1-3H3/t20-/m1/s1. The molecule has 0 saturated carbocycles. The number of nitrogens with two attached hydrogens (primary N) is 1. The lowest BCUT2D eigenvalue weighted by molar-refractivity contribution is -0.384. The van der Waals surface area contributed by atoms with Crippen molar-refractivity contribution >= 4 is 51.9 Å². The topological polar surface area (TPSA) is 113 Å². The number of carbonyl (C=O) groups excluding carboxylic acids is 1. The number of nitro groups is 1. The Morgan fingerprint density at radius 2 is 2.12 bits per heavy atom. The Hall–Kier alpha value is -2.80. The van der Waals surface area contributed by atoms with Crippen LogP contribution in [0.5, 0.6) is 0 Å². The molecular formula is C24H23ClN4O3S2. The zero-order valence-corrected chi connectivity index (χ0v) is 21.3. The number of nitro benzene ring substituents is 1. The van der Waals surface area contributed by atoms with E-state index in [1.165, 1.54) is 17.0 Å². The second kappa shape index (κ2) is 9.10. The predicted molar refractivity (Wildman–Crippen MR) is 136 cm³/mol. The molecule has 176 valence electrons. The summed E-state index contributed by atoms with van der Waals surface area (Å²) in [4.78, 5) is 26.5. The number of Topliss-reactive ketones (excluding diaryl/α,β-unsaturated/α-hetero) is 1. The number of benzene rings is 1. The van der Waals surface area contributed by atoms with E-state index < -0.39 is 10.8 Å². The molecule has 0 amide bonds. The first-order chi connectivity index (χ1) is 16.1. The highest BCUT2D eigenvalue weighted by atomic mass is 35.5. The number of ketones is 1. The third kappa shape index (κ3) is 4.11. The molecule has 1 aromatic heterocycles. The molecule has 0 spiro atoms. The van der Waals surface area contributed by atoms with Gasteiger partial charge in [-0.2, -0.15) is 5.26 Å². The molecule has 0 radical (unpaired) electrons. The molecule has 0 bridgehead atoms. The quantitative estimate of drug-likeness (QED) is 0.280. The number of hydrogen-bond donors (Lipinski definition) is 1. The molecule has 0 fully saturated rings. The van der Waals surface area contributed by atoms with Gasteiger partial charge in [0.1, 0.15) is 11.5 Å². The van der Waals surface area contributed by atoms with Crippen LogP contribution in [0.25, 0.3) is 0 Å². The summed E-state index contributed by atoms with van der Waals surface area (Å²) < 4.78 is 1.03. The van der Waals surface area contributed by atoms with Crippen LogP contribution in [0, 0.1) is 26.9 Å². The van der Waals surface area contributed by atoms with E-state index in [2.05, 4.69) is 6.07 Å². The van der Waals surface area contributed by atoms with E-state index in [1.54, 1.807) is 29.2 Å². The van der Waals surface area contributed by atoms with E-state index in [0.717, 1.165) is 15.5 Å². The van der Waals surface area contributed by atoms with Crippen LogP contribution in [0.3, 0.4) is 0 Å². The molecule has 4 rings (SSSR count). The highest BCUT2D eigenvalue weighted by Gasteiger charge is 2.46. The minimum Gasteiger partial charge on any atom is -0.384 e. The van der Waals surface area contributed by atoms with Crippen molar-refractivity contribution in [1.29, 1.82) is 5.26 Å². The maximum atomic E-state index is 13.6. The van der Waals surface area contributed by atoms with Crippen LogP contribution in [0.15, 0.2) is 56.5 Å². The Morgan fingerprint density at radius 3 is 2.76 bits per heavy atom. The third-order valence-electron chi connectivity index (χ3n) is 6.00. The van der Waals surface area contributed by atoms with Gasteiger partial charge in [-0.25, -0.2) is 0 Å². The van der Waals surface area contributed by atoms with Crippen LogP contribution in [0.4, 0.5) is 11.4 Å². The summed E-state index contributed by atoms with van der Waals surface area (Å²) in [7, 11) is 0. The second-order valence-electron chi connectivity index (χ2n) is 8.97. The summed E-state index contributed by atoms with van der Waals surface area (Å²) in [5, 5.41) is 24.3. The summed E-state index contributed by atoms with van der Waals surface area (Å²) in [6.07, 6.45) is 0.794. The molecule has 2 aliphatic rings. The number of nitrogens with zero attached hydrogens (tertiary/aromatic N) is 3. The fourth-order valence-corrected chi connectivity index (χ4v) is 6.93. The van der Waals surface area contributed by atoms with Crippen LogP contribution in [0.1, 0.15) is 45.1 Å². The Kier molecular flexibility index (Phi) is 6.51. The second-order valence-corrected chi connectivity index (χ2v) is 11.9. The fourth-order valence-electron chi connectivity index (χ4n) is 4.69. The molecule has 2 N–H and O–H groups in total. The number of thiophene rings is 1. The van der Waals surface area contributed by atoms with Gasteiger partial charge < -0.3 is 5.73 Å². The van der Waals surface area contributed by atoms with Crippen molar-refractivity contribution in [1.82, 2.24) is 0 Å². The minimum atomic E-state index is -0.605. The zero-order valence-electron chi connectivity index (χ0n) is 18.9. The van der Waals surface area contributed by atoms with Crippen molar-refractivity contribution in [3.8, 4) is 6.07 Å². The van der Waals surface area contributed by atoms with Gasteiger partial charge in [0.2, 0.25) is 0 Å². The molecule has 10 heteroatoms. The summed E-state index contributed by atoms with van der Waals surface area (Å²) >= 11 is 9.27. The first kappa shape index (κ1) is 24.3. The first-order valence-electron chi connectivity index (χ1n) is 10.7. The Balaban J connectivity index is 2.04. The summed E-state index contributed by atoms with van der Waals surface area (Å²) in [6, 6.07) is 8.48. The third-order valence-corrected chi connectivity index (χ3v) is 8.39.